The highest BCUT2D eigenvalue weighted by Gasteiger charge is 2.28. The van der Waals surface area contributed by atoms with Gasteiger partial charge in [-0.1, -0.05) is 20.8 Å². The molecule has 3 aromatic heterocycles. The lowest BCUT2D eigenvalue weighted by molar-refractivity contribution is 0.194. The van der Waals surface area contributed by atoms with Gasteiger partial charge in [0.15, 0.2) is 16.7 Å². The molecule has 1 fully saturated rings. The number of hydrogen-bond acceptors (Lipinski definition) is 8. The van der Waals surface area contributed by atoms with E-state index in [0.29, 0.717) is 35.7 Å². The molecule has 1 aliphatic heterocycles. The molecule has 4 heterocycles. The summed E-state index contributed by atoms with van der Waals surface area (Å²) < 4.78 is 28.0. The first-order valence-electron chi connectivity index (χ1n) is 10.3. The van der Waals surface area contributed by atoms with Crippen molar-refractivity contribution >= 4 is 22.7 Å². The molecule has 0 aromatic carbocycles. The largest absolute Gasteiger partial charge is 0.476 e. The number of rotatable bonds is 8. The van der Waals surface area contributed by atoms with E-state index in [-0.39, 0.29) is 17.8 Å². The second-order valence-corrected chi connectivity index (χ2v) is 9.25. The molecular weight excluding hydrogens is 420 g/mol. The number of ether oxygens (including phenoxy) is 1. The van der Waals surface area contributed by atoms with Crippen LogP contribution in [0.1, 0.15) is 27.2 Å². The number of anilines is 1. The number of nitrogens with one attached hydrogen (secondary N) is 2. The van der Waals surface area contributed by atoms with Gasteiger partial charge in [-0.15, -0.1) is 5.10 Å². The van der Waals surface area contributed by atoms with Gasteiger partial charge in [0.25, 0.3) is 0 Å². The summed E-state index contributed by atoms with van der Waals surface area (Å²) in [6.45, 7) is 8.30. The minimum atomic E-state index is -1.81. The van der Waals surface area contributed by atoms with Gasteiger partial charge < -0.3 is 14.6 Å². The molecule has 0 amide bonds. The number of likely N-dealkylation sites (tertiary alicyclic amines) is 1. The van der Waals surface area contributed by atoms with Crippen LogP contribution >= 0.6 is 0 Å². The third kappa shape index (κ3) is 5.02. The minimum absolute atomic E-state index is 0.169. The quantitative estimate of drug-likeness (QED) is 0.441. The van der Waals surface area contributed by atoms with Gasteiger partial charge in [-0.25, -0.2) is 9.19 Å². The van der Waals surface area contributed by atoms with E-state index in [1.165, 1.54) is 0 Å². The second kappa shape index (κ2) is 9.28. The van der Waals surface area contributed by atoms with Crippen LogP contribution in [-0.4, -0.2) is 75.1 Å². The van der Waals surface area contributed by atoms with Crippen LogP contribution in [0.25, 0.3) is 16.9 Å². The summed E-state index contributed by atoms with van der Waals surface area (Å²) in [4.78, 5) is 11.1. The lowest BCUT2D eigenvalue weighted by atomic mass is 9.94. The van der Waals surface area contributed by atoms with Gasteiger partial charge in [0.1, 0.15) is 11.6 Å². The Bertz CT molecular complexity index is 1040. The smallest absolute Gasteiger partial charge is 0.244 e. The summed E-state index contributed by atoms with van der Waals surface area (Å²) in [5.41, 5.74) is 2.05. The Morgan fingerprint density at radius 1 is 1.42 bits per heavy atom. The van der Waals surface area contributed by atoms with Crippen molar-refractivity contribution in [2.45, 2.75) is 33.2 Å². The van der Waals surface area contributed by atoms with E-state index in [9.17, 15) is 4.21 Å². The number of nitrogens with zero attached hydrogens (tertiary/aromatic N) is 6. The molecule has 11 nitrogen and oxygen atoms in total. The average molecular weight is 449 g/mol. The van der Waals surface area contributed by atoms with Crippen LogP contribution < -0.4 is 10.1 Å². The summed E-state index contributed by atoms with van der Waals surface area (Å²) in [5.74, 6) is 1.84. The van der Waals surface area contributed by atoms with Crippen molar-refractivity contribution in [1.29, 1.82) is 0 Å². The Morgan fingerprint density at radius 2 is 2.26 bits per heavy atom. The first kappa shape index (κ1) is 21.7. The van der Waals surface area contributed by atoms with Crippen molar-refractivity contribution in [3.63, 3.8) is 0 Å². The maximum atomic E-state index is 11.1. The maximum absolute atomic E-state index is 11.1. The Labute approximate surface area is 182 Å². The Morgan fingerprint density at radius 3 is 2.94 bits per heavy atom. The van der Waals surface area contributed by atoms with Crippen LogP contribution in [-0.2, 0) is 11.1 Å². The predicted octanol–water partition coefficient (Wildman–Crippen LogP) is 1.85. The Balaban J connectivity index is 1.57. The summed E-state index contributed by atoms with van der Waals surface area (Å²) in [5, 5.41) is 14.9. The fourth-order valence-corrected chi connectivity index (χ4v) is 4.28. The third-order valence-electron chi connectivity index (χ3n) is 5.26. The molecule has 1 saturated heterocycles. The number of hydrogen-bond donors (Lipinski definition) is 3. The monoisotopic (exact) mass is 448 g/mol. The van der Waals surface area contributed by atoms with Gasteiger partial charge >= 0.3 is 0 Å². The van der Waals surface area contributed by atoms with Gasteiger partial charge in [-0.05, 0) is 18.3 Å². The first-order valence-corrected chi connectivity index (χ1v) is 11.6. The molecule has 0 spiro atoms. The molecule has 1 unspecified atom stereocenters. The molecular formula is C19H28N8O3S. The van der Waals surface area contributed by atoms with Gasteiger partial charge in [0, 0.05) is 30.9 Å². The molecule has 3 aromatic rings. The van der Waals surface area contributed by atoms with Gasteiger partial charge in [0.2, 0.25) is 11.8 Å². The molecule has 168 valence electrons. The highest BCUT2D eigenvalue weighted by atomic mass is 32.2. The van der Waals surface area contributed by atoms with Gasteiger partial charge in [-0.3, -0.25) is 10.00 Å². The zero-order valence-electron chi connectivity index (χ0n) is 17.9. The van der Waals surface area contributed by atoms with Crippen molar-refractivity contribution in [1.82, 2.24) is 34.7 Å². The summed E-state index contributed by atoms with van der Waals surface area (Å²) in [6.07, 6.45) is 5.97. The summed E-state index contributed by atoms with van der Waals surface area (Å²) >= 11 is -1.81. The average Bonchev–Trinajstić information content (AvgIpc) is 3.37. The summed E-state index contributed by atoms with van der Waals surface area (Å²) in [6, 6.07) is 0.169. The van der Waals surface area contributed by atoms with Crippen LogP contribution in [0.3, 0.4) is 0 Å². The van der Waals surface area contributed by atoms with Crippen LogP contribution in [0.2, 0.25) is 0 Å². The van der Waals surface area contributed by atoms with Crippen molar-refractivity contribution in [2.24, 2.45) is 11.8 Å². The molecule has 0 saturated carbocycles. The van der Waals surface area contributed by atoms with Crippen LogP contribution in [0.4, 0.5) is 5.95 Å². The van der Waals surface area contributed by atoms with E-state index < -0.39 is 11.1 Å². The highest BCUT2D eigenvalue weighted by Crippen LogP contribution is 2.29. The Kier molecular flexibility index (Phi) is 6.49. The van der Waals surface area contributed by atoms with E-state index in [1.807, 2.05) is 4.90 Å². The zero-order valence-corrected chi connectivity index (χ0v) is 18.7. The van der Waals surface area contributed by atoms with Crippen molar-refractivity contribution in [2.75, 3.05) is 30.9 Å². The normalized spacial score (nSPS) is 20.9. The second-order valence-electron chi connectivity index (χ2n) is 8.35. The molecule has 3 N–H and O–H groups in total. The predicted molar refractivity (Wildman–Crippen MR) is 117 cm³/mol. The molecule has 3 atom stereocenters. The minimum Gasteiger partial charge on any atom is -0.476 e. The van der Waals surface area contributed by atoms with Gasteiger partial charge in [0.05, 0.1) is 19.0 Å². The maximum Gasteiger partial charge on any atom is 0.244 e. The molecule has 0 aliphatic carbocycles. The first-order chi connectivity index (χ1) is 14.9. The van der Waals surface area contributed by atoms with E-state index in [4.69, 9.17) is 9.29 Å². The molecule has 0 radical (unpaired) electrons. The number of aromatic nitrogens is 6. The summed E-state index contributed by atoms with van der Waals surface area (Å²) in [7, 11) is 0. The van der Waals surface area contributed by atoms with Crippen LogP contribution in [0, 0.1) is 11.8 Å². The molecule has 0 bridgehead atoms. The standard InChI is InChI=1S/C19H28N8O3S/c1-12(2)10-30-18-17(14-6-21-22-7-14)20-8-16-24-19(25-27(16)18)23-15-4-5-26(9-13(15)3)11-31(28)29/h6-8,12-13,15H,4-5,9-11H2,1-3H3,(H,21,22)(H,23,25)(H,28,29)/t13-,15+/m1/s1. The fourth-order valence-electron chi connectivity index (χ4n) is 3.74. The van der Waals surface area contributed by atoms with Gasteiger partial charge in [-0.2, -0.15) is 14.6 Å². The van der Waals surface area contributed by atoms with Crippen molar-refractivity contribution in [3.8, 4) is 17.1 Å². The van der Waals surface area contributed by atoms with E-state index in [0.717, 1.165) is 25.1 Å². The highest BCUT2D eigenvalue weighted by molar-refractivity contribution is 7.79. The molecule has 12 heteroatoms. The topological polar surface area (TPSA) is 134 Å². The Hall–Kier alpha value is -2.57. The number of piperidine rings is 1. The number of fused-ring (bicyclic) bond motifs is 1. The van der Waals surface area contributed by atoms with Crippen molar-refractivity contribution < 1.29 is 13.5 Å². The zero-order chi connectivity index (χ0) is 22.0. The van der Waals surface area contributed by atoms with E-state index in [2.05, 4.69) is 51.4 Å². The van der Waals surface area contributed by atoms with Crippen LogP contribution in [0.15, 0.2) is 18.6 Å². The molecule has 1 aliphatic rings. The number of aromatic amines is 1. The lowest BCUT2D eigenvalue weighted by Crippen LogP contribution is -2.46. The van der Waals surface area contributed by atoms with Crippen molar-refractivity contribution in [3.05, 3.63) is 18.6 Å². The van der Waals surface area contributed by atoms with Crippen LogP contribution in [0.5, 0.6) is 5.88 Å². The van der Waals surface area contributed by atoms with E-state index in [1.54, 1.807) is 23.1 Å². The number of H-pyrrole nitrogens is 1. The third-order valence-corrected chi connectivity index (χ3v) is 5.84. The van der Waals surface area contributed by atoms with E-state index >= 15 is 0 Å². The lowest BCUT2D eigenvalue weighted by Gasteiger charge is -2.36. The fraction of sp³-hybridized carbons (Fsp3) is 0.579. The SMILES string of the molecule is CC(C)COc1c(-c2cn[nH]c2)ncc2nc(N[C@H]3CCN(CS(=O)O)C[C@H]3C)nn12. The molecule has 4 rings (SSSR count). The molecule has 31 heavy (non-hydrogen) atoms.